The Labute approximate surface area is 193 Å². The van der Waals surface area contributed by atoms with Crippen molar-refractivity contribution in [2.45, 2.75) is 6.92 Å². The molecule has 0 spiro atoms. The van der Waals surface area contributed by atoms with Gasteiger partial charge in [0.25, 0.3) is 5.91 Å². The fourth-order valence-electron chi connectivity index (χ4n) is 3.17. The number of amides is 1. The van der Waals surface area contributed by atoms with E-state index in [0.29, 0.717) is 25.9 Å². The topological polar surface area (TPSA) is 45.7 Å². The standard InChI is InChI=1S/C19H19Cl2N3O2S2.ClH/c1-12-10-13(20)11-15-17(12)22-19(28-15)24(5-4-23-6-8-26-9-7-23)18(25)14-2-3-16(21)27-14;/h2-3,10-11H,4-9H2,1H3;1H. The van der Waals surface area contributed by atoms with Crippen molar-refractivity contribution >= 4 is 79.5 Å². The van der Waals surface area contributed by atoms with Gasteiger partial charge in [0.2, 0.25) is 0 Å². The number of nitrogens with zero attached hydrogens (tertiary/aromatic N) is 3. The van der Waals surface area contributed by atoms with E-state index in [4.69, 9.17) is 32.9 Å². The molecule has 1 aliphatic rings. The van der Waals surface area contributed by atoms with E-state index >= 15 is 0 Å². The second kappa shape index (κ2) is 9.92. The predicted molar refractivity (Wildman–Crippen MR) is 125 cm³/mol. The maximum absolute atomic E-state index is 13.2. The summed E-state index contributed by atoms with van der Waals surface area (Å²) in [5, 5.41) is 1.36. The summed E-state index contributed by atoms with van der Waals surface area (Å²) in [4.78, 5) is 22.7. The summed E-state index contributed by atoms with van der Waals surface area (Å²) in [6, 6.07) is 7.32. The van der Waals surface area contributed by atoms with Crippen molar-refractivity contribution in [3.05, 3.63) is 44.1 Å². The number of ether oxygens (including phenoxy) is 1. The molecule has 29 heavy (non-hydrogen) atoms. The number of morpholine rings is 1. The molecule has 0 radical (unpaired) electrons. The van der Waals surface area contributed by atoms with Crippen molar-refractivity contribution in [2.24, 2.45) is 0 Å². The first-order valence-corrected chi connectivity index (χ1v) is 11.3. The highest BCUT2D eigenvalue weighted by molar-refractivity contribution is 7.22. The summed E-state index contributed by atoms with van der Waals surface area (Å²) in [5.41, 5.74) is 1.89. The third kappa shape index (κ3) is 5.22. The molecule has 156 valence electrons. The summed E-state index contributed by atoms with van der Waals surface area (Å²) >= 11 is 15.0. The first kappa shape index (κ1) is 22.7. The Kier molecular flexibility index (Phi) is 7.78. The van der Waals surface area contributed by atoms with Gasteiger partial charge in [0.15, 0.2) is 5.13 Å². The van der Waals surface area contributed by atoms with Crippen molar-refractivity contribution in [3.8, 4) is 0 Å². The van der Waals surface area contributed by atoms with Crippen LogP contribution in [0.4, 0.5) is 5.13 Å². The molecule has 0 N–H and O–H groups in total. The highest BCUT2D eigenvalue weighted by Gasteiger charge is 2.24. The number of benzene rings is 1. The van der Waals surface area contributed by atoms with Gasteiger partial charge in [0, 0.05) is 31.2 Å². The minimum atomic E-state index is -0.0760. The fourth-order valence-corrected chi connectivity index (χ4v) is 5.61. The second-order valence-electron chi connectivity index (χ2n) is 6.58. The third-order valence-corrected chi connectivity index (χ3v) is 7.11. The van der Waals surface area contributed by atoms with E-state index in [9.17, 15) is 4.79 Å². The average Bonchev–Trinajstić information content (AvgIpc) is 3.29. The number of anilines is 1. The molecule has 1 aromatic carbocycles. The Hall–Kier alpha value is -0.930. The highest BCUT2D eigenvalue weighted by Crippen LogP contribution is 2.34. The molecule has 0 saturated carbocycles. The molecule has 1 fully saturated rings. The van der Waals surface area contributed by atoms with E-state index < -0.39 is 0 Å². The van der Waals surface area contributed by atoms with Crippen LogP contribution in [0, 0.1) is 6.92 Å². The van der Waals surface area contributed by atoms with Gasteiger partial charge < -0.3 is 4.74 Å². The van der Waals surface area contributed by atoms with E-state index in [0.717, 1.165) is 48.6 Å². The van der Waals surface area contributed by atoms with Crippen LogP contribution in [0.1, 0.15) is 15.2 Å². The molecular weight excluding hydrogens is 473 g/mol. The monoisotopic (exact) mass is 491 g/mol. The van der Waals surface area contributed by atoms with E-state index in [-0.39, 0.29) is 18.3 Å². The molecule has 1 aliphatic heterocycles. The molecule has 2 aromatic heterocycles. The van der Waals surface area contributed by atoms with Crippen molar-refractivity contribution in [1.29, 1.82) is 0 Å². The van der Waals surface area contributed by atoms with Gasteiger partial charge in [-0.2, -0.15) is 0 Å². The maximum atomic E-state index is 13.2. The van der Waals surface area contributed by atoms with Crippen molar-refractivity contribution in [1.82, 2.24) is 9.88 Å². The summed E-state index contributed by atoms with van der Waals surface area (Å²) in [5.74, 6) is -0.0760. The molecule has 5 nitrogen and oxygen atoms in total. The Morgan fingerprint density at radius 2 is 2.00 bits per heavy atom. The van der Waals surface area contributed by atoms with Crippen LogP contribution in [0.15, 0.2) is 24.3 Å². The lowest BCUT2D eigenvalue weighted by atomic mass is 10.2. The lowest BCUT2D eigenvalue weighted by Crippen LogP contribution is -2.43. The number of aromatic nitrogens is 1. The average molecular weight is 493 g/mol. The summed E-state index contributed by atoms with van der Waals surface area (Å²) in [6.45, 7) is 6.52. The quantitative estimate of drug-likeness (QED) is 0.480. The first-order chi connectivity index (χ1) is 13.5. The zero-order valence-corrected chi connectivity index (χ0v) is 19.7. The smallest absolute Gasteiger partial charge is 0.270 e. The first-order valence-electron chi connectivity index (χ1n) is 8.95. The van der Waals surface area contributed by atoms with Gasteiger partial charge in [0.1, 0.15) is 0 Å². The van der Waals surface area contributed by atoms with Gasteiger partial charge in [-0.05, 0) is 36.8 Å². The van der Waals surface area contributed by atoms with E-state index in [1.165, 1.54) is 22.7 Å². The van der Waals surface area contributed by atoms with Crippen LogP contribution in [-0.4, -0.2) is 55.2 Å². The molecule has 0 unspecified atom stereocenters. The van der Waals surface area contributed by atoms with E-state index in [1.54, 1.807) is 17.0 Å². The maximum Gasteiger partial charge on any atom is 0.270 e. The predicted octanol–water partition coefficient (Wildman–Crippen LogP) is 5.37. The van der Waals surface area contributed by atoms with Gasteiger partial charge in [-0.15, -0.1) is 23.7 Å². The SMILES string of the molecule is Cc1cc(Cl)cc2sc(N(CCN3CCOCC3)C(=O)c3ccc(Cl)s3)nc12.Cl. The number of thiazole rings is 1. The largest absolute Gasteiger partial charge is 0.379 e. The van der Waals surface area contributed by atoms with E-state index in [1.807, 2.05) is 19.1 Å². The number of carbonyl (C=O) groups is 1. The number of halogens is 3. The normalized spacial score (nSPS) is 14.7. The van der Waals surface area contributed by atoms with Crippen molar-refractivity contribution < 1.29 is 9.53 Å². The molecule has 0 aliphatic carbocycles. The zero-order valence-electron chi connectivity index (χ0n) is 15.7. The number of hydrogen-bond acceptors (Lipinski definition) is 6. The number of rotatable bonds is 5. The van der Waals surface area contributed by atoms with Gasteiger partial charge >= 0.3 is 0 Å². The zero-order chi connectivity index (χ0) is 19.7. The Morgan fingerprint density at radius 1 is 1.24 bits per heavy atom. The highest BCUT2D eigenvalue weighted by atomic mass is 35.5. The van der Waals surface area contributed by atoms with Crippen molar-refractivity contribution in [3.63, 3.8) is 0 Å². The number of thiophene rings is 1. The van der Waals surface area contributed by atoms with Crippen LogP contribution in [0.2, 0.25) is 9.36 Å². The molecule has 1 saturated heterocycles. The lowest BCUT2D eigenvalue weighted by molar-refractivity contribution is 0.0391. The second-order valence-corrected chi connectivity index (χ2v) is 9.74. The number of fused-ring (bicyclic) bond motifs is 1. The van der Waals surface area contributed by atoms with Gasteiger partial charge in [-0.3, -0.25) is 14.6 Å². The van der Waals surface area contributed by atoms with E-state index in [2.05, 4.69) is 4.90 Å². The molecule has 1 amide bonds. The van der Waals surface area contributed by atoms with Gasteiger partial charge in [-0.1, -0.05) is 34.5 Å². The summed E-state index contributed by atoms with van der Waals surface area (Å²) in [7, 11) is 0. The number of hydrogen-bond donors (Lipinski definition) is 0. The molecule has 4 rings (SSSR count). The van der Waals surface area contributed by atoms with Crippen molar-refractivity contribution in [2.75, 3.05) is 44.3 Å². The molecular formula is C19H20Cl3N3O2S2. The van der Waals surface area contributed by atoms with Crippen LogP contribution in [0.5, 0.6) is 0 Å². The molecule has 0 atom stereocenters. The fraction of sp³-hybridized carbons (Fsp3) is 0.368. The molecule has 0 bridgehead atoms. The van der Waals surface area contributed by atoms with Crippen LogP contribution < -0.4 is 4.90 Å². The van der Waals surface area contributed by atoms with Crippen LogP contribution in [-0.2, 0) is 4.74 Å². The summed E-state index contributed by atoms with van der Waals surface area (Å²) < 4.78 is 7.00. The van der Waals surface area contributed by atoms with Gasteiger partial charge in [0.05, 0.1) is 32.6 Å². The number of aryl methyl sites for hydroxylation is 1. The van der Waals surface area contributed by atoms with Gasteiger partial charge in [-0.25, -0.2) is 4.98 Å². The Balaban J connectivity index is 0.00000240. The molecule has 3 heterocycles. The molecule has 3 aromatic rings. The van der Waals surface area contributed by atoms with Crippen LogP contribution in [0.25, 0.3) is 10.2 Å². The Bertz CT molecular complexity index is 1000. The minimum absolute atomic E-state index is 0. The van der Waals surface area contributed by atoms with Crippen LogP contribution in [0.3, 0.4) is 0 Å². The number of carbonyl (C=O) groups excluding carboxylic acids is 1. The molecule has 10 heteroatoms. The minimum Gasteiger partial charge on any atom is -0.379 e. The van der Waals surface area contributed by atoms with Crippen LogP contribution >= 0.6 is 58.3 Å². The lowest BCUT2D eigenvalue weighted by Gasteiger charge is -2.29. The third-order valence-electron chi connectivity index (χ3n) is 4.64. The summed E-state index contributed by atoms with van der Waals surface area (Å²) in [6.07, 6.45) is 0. The Morgan fingerprint density at radius 3 is 2.69 bits per heavy atom.